The molecule has 0 saturated carbocycles. The van der Waals surface area contributed by atoms with Crippen LogP contribution < -0.4 is 5.32 Å². The molecule has 2 aliphatic heterocycles. The molecule has 0 spiro atoms. The Morgan fingerprint density at radius 2 is 1.59 bits per heavy atom. The molecule has 100 valence electrons. The van der Waals surface area contributed by atoms with E-state index >= 15 is 0 Å². The predicted molar refractivity (Wildman–Crippen MR) is 73.4 cm³/mol. The van der Waals surface area contributed by atoms with Crippen molar-refractivity contribution in [2.75, 3.05) is 52.4 Å². The number of piperidine rings is 1. The number of likely N-dealkylation sites (tertiary alicyclic amines) is 1. The van der Waals surface area contributed by atoms with Gasteiger partial charge in [0.2, 0.25) is 0 Å². The van der Waals surface area contributed by atoms with Gasteiger partial charge in [-0.15, -0.1) is 0 Å². The molecule has 2 rings (SSSR count). The summed E-state index contributed by atoms with van der Waals surface area (Å²) in [5, 5.41) is 3.42. The number of piperazine rings is 1. The Morgan fingerprint density at radius 1 is 0.941 bits per heavy atom. The number of rotatable bonds is 5. The van der Waals surface area contributed by atoms with Crippen molar-refractivity contribution in [3.8, 4) is 0 Å². The Kier molecular flexibility index (Phi) is 5.75. The average molecular weight is 239 g/mol. The number of nitrogens with one attached hydrogen (secondary N) is 1. The molecule has 0 amide bonds. The maximum atomic E-state index is 3.42. The van der Waals surface area contributed by atoms with Crippen LogP contribution in [-0.4, -0.2) is 62.2 Å². The van der Waals surface area contributed by atoms with Gasteiger partial charge in [-0.3, -0.25) is 0 Å². The number of hydrogen-bond donors (Lipinski definition) is 1. The van der Waals surface area contributed by atoms with Crippen LogP contribution in [0.5, 0.6) is 0 Å². The number of nitrogens with zero attached hydrogens (tertiary/aromatic N) is 2. The van der Waals surface area contributed by atoms with Crippen LogP contribution in [0, 0.1) is 5.92 Å². The molecule has 3 nitrogen and oxygen atoms in total. The van der Waals surface area contributed by atoms with Gasteiger partial charge in [0, 0.05) is 26.2 Å². The molecule has 3 heteroatoms. The highest BCUT2D eigenvalue weighted by atomic mass is 15.2. The van der Waals surface area contributed by atoms with Gasteiger partial charge in [0.25, 0.3) is 0 Å². The van der Waals surface area contributed by atoms with Crippen molar-refractivity contribution < 1.29 is 0 Å². The molecular formula is C14H29N3. The fourth-order valence-corrected chi connectivity index (χ4v) is 3.11. The summed E-state index contributed by atoms with van der Waals surface area (Å²) >= 11 is 0. The Morgan fingerprint density at radius 3 is 2.24 bits per heavy atom. The first-order valence-electron chi connectivity index (χ1n) is 7.54. The van der Waals surface area contributed by atoms with Crippen molar-refractivity contribution in [2.45, 2.75) is 32.6 Å². The molecule has 0 radical (unpaired) electrons. The zero-order valence-corrected chi connectivity index (χ0v) is 11.5. The van der Waals surface area contributed by atoms with Crippen LogP contribution in [0.3, 0.4) is 0 Å². The summed E-state index contributed by atoms with van der Waals surface area (Å²) in [5.41, 5.74) is 0. The van der Waals surface area contributed by atoms with Gasteiger partial charge in [0.1, 0.15) is 0 Å². The molecule has 17 heavy (non-hydrogen) atoms. The SMILES string of the molecule is CCCN1CCC(CCN2CCNCC2)CC1. The first-order valence-corrected chi connectivity index (χ1v) is 7.54. The lowest BCUT2D eigenvalue weighted by Crippen LogP contribution is -2.44. The van der Waals surface area contributed by atoms with E-state index in [2.05, 4.69) is 22.0 Å². The molecular weight excluding hydrogens is 210 g/mol. The van der Waals surface area contributed by atoms with Crippen molar-refractivity contribution >= 4 is 0 Å². The second kappa shape index (κ2) is 7.34. The molecule has 0 aromatic heterocycles. The molecule has 2 fully saturated rings. The molecule has 0 aliphatic carbocycles. The molecule has 2 saturated heterocycles. The normalized spacial score (nSPS) is 25.2. The predicted octanol–water partition coefficient (Wildman–Crippen LogP) is 1.40. The Balaban J connectivity index is 1.57. The second-order valence-electron chi connectivity index (χ2n) is 5.67. The van der Waals surface area contributed by atoms with Gasteiger partial charge in [0.05, 0.1) is 0 Å². The standard InChI is InChI=1S/C14H29N3/c1-2-8-16-9-3-14(4-10-16)5-11-17-12-6-15-7-13-17/h14-15H,2-13H2,1H3. The fourth-order valence-electron chi connectivity index (χ4n) is 3.11. The molecule has 0 aromatic carbocycles. The minimum absolute atomic E-state index is 0.998. The zero-order valence-electron chi connectivity index (χ0n) is 11.5. The first kappa shape index (κ1) is 13.3. The Labute approximate surface area is 107 Å². The van der Waals surface area contributed by atoms with Crippen LogP contribution >= 0.6 is 0 Å². The Bertz CT molecular complexity index is 194. The highest BCUT2D eigenvalue weighted by Gasteiger charge is 2.19. The van der Waals surface area contributed by atoms with Gasteiger partial charge >= 0.3 is 0 Å². The van der Waals surface area contributed by atoms with E-state index in [1.807, 2.05) is 0 Å². The smallest absolute Gasteiger partial charge is 0.0107 e. The lowest BCUT2D eigenvalue weighted by molar-refractivity contribution is 0.159. The third kappa shape index (κ3) is 4.57. The second-order valence-corrected chi connectivity index (χ2v) is 5.67. The molecule has 0 atom stereocenters. The average Bonchev–Trinajstić information content (AvgIpc) is 2.40. The molecule has 2 heterocycles. The summed E-state index contributed by atoms with van der Waals surface area (Å²) < 4.78 is 0. The van der Waals surface area contributed by atoms with Crippen LogP contribution in [0.1, 0.15) is 32.6 Å². The van der Waals surface area contributed by atoms with Crippen LogP contribution in [-0.2, 0) is 0 Å². The van der Waals surface area contributed by atoms with Gasteiger partial charge in [-0.2, -0.15) is 0 Å². The topological polar surface area (TPSA) is 18.5 Å². The monoisotopic (exact) mass is 239 g/mol. The van der Waals surface area contributed by atoms with E-state index in [0.717, 1.165) is 5.92 Å². The van der Waals surface area contributed by atoms with Crippen molar-refractivity contribution in [3.63, 3.8) is 0 Å². The molecule has 2 aliphatic rings. The van der Waals surface area contributed by atoms with Gasteiger partial charge in [-0.25, -0.2) is 0 Å². The van der Waals surface area contributed by atoms with Crippen molar-refractivity contribution in [1.29, 1.82) is 0 Å². The van der Waals surface area contributed by atoms with Crippen LogP contribution in [0.4, 0.5) is 0 Å². The fraction of sp³-hybridized carbons (Fsp3) is 1.00. The lowest BCUT2D eigenvalue weighted by Gasteiger charge is -2.33. The highest BCUT2D eigenvalue weighted by molar-refractivity contribution is 4.74. The van der Waals surface area contributed by atoms with E-state index < -0.39 is 0 Å². The summed E-state index contributed by atoms with van der Waals surface area (Å²) in [6.07, 6.45) is 5.61. The van der Waals surface area contributed by atoms with Gasteiger partial charge in [-0.05, 0) is 57.8 Å². The Hall–Kier alpha value is -0.120. The number of hydrogen-bond acceptors (Lipinski definition) is 3. The summed E-state index contributed by atoms with van der Waals surface area (Å²) in [6.45, 7) is 12.5. The van der Waals surface area contributed by atoms with E-state index in [-0.39, 0.29) is 0 Å². The van der Waals surface area contributed by atoms with Crippen molar-refractivity contribution in [2.24, 2.45) is 5.92 Å². The minimum atomic E-state index is 0.998. The zero-order chi connectivity index (χ0) is 11.9. The third-order valence-electron chi connectivity index (χ3n) is 4.31. The maximum absolute atomic E-state index is 3.42. The summed E-state index contributed by atoms with van der Waals surface area (Å²) in [6, 6.07) is 0. The van der Waals surface area contributed by atoms with E-state index in [1.165, 1.54) is 78.0 Å². The van der Waals surface area contributed by atoms with Crippen molar-refractivity contribution in [3.05, 3.63) is 0 Å². The highest BCUT2D eigenvalue weighted by Crippen LogP contribution is 2.20. The summed E-state index contributed by atoms with van der Waals surface area (Å²) in [5.74, 6) is 0.998. The van der Waals surface area contributed by atoms with Gasteiger partial charge in [0.15, 0.2) is 0 Å². The molecule has 0 unspecified atom stereocenters. The molecule has 1 N–H and O–H groups in total. The quantitative estimate of drug-likeness (QED) is 0.782. The van der Waals surface area contributed by atoms with Crippen molar-refractivity contribution in [1.82, 2.24) is 15.1 Å². The third-order valence-corrected chi connectivity index (χ3v) is 4.31. The summed E-state index contributed by atoms with van der Waals surface area (Å²) in [7, 11) is 0. The lowest BCUT2D eigenvalue weighted by atomic mass is 9.93. The van der Waals surface area contributed by atoms with Gasteiger partial charge < -0.3 is 15.1 Å². The van der Waals surface area contributed by atoms with E-state index in [0.29, 0.717) is 0 Å². The summed E-state index contributed by atoms with van der Waals surface area (Å²) in [4.78, 5) is 5.27. The maximum Gasteiger partial charge on any atom is 0.0107 e. The molecule has 0 aromatic rings. The largest absolute Gasteiger partial charge is 0.314 e. The van der Waals surface area contributed by atoms with Crippen LogP contribution in [0.2, 0.25) is 0 Å². The molecule has 0 bridgehead atoms. The van der Waals surface area contributed by atoms with E-state index in [1.54, 1.807) is 0 Å². The van der Waals surface area contributed by atoms with E-state index in [4.69, 9.17) is 0 Å². The van der Waals surface area contributed by atoms with Gasteiger partial charge in [-0.1, -0.05) is 6.92 Å². The van der Waals surface area contributed by atoms with E-state index in [9.17, 15) is 0 Å². The minimum Gasteiger partial charge on any atom is -0.314 e. The first-order chi connectivity index (χ1) is 8.38. The van der Waals surface area contributed by atoms with Crippen LogP contribution in [0.15, 0.2) is 0 Å². The van der Waals surface area contributed by atoms with Crippen LogP contribution in [0.25, 0.3) is 0 Å².